The minimum atomic E-state index is -0.251. The maximum atomic E-state index is 12.8. The van der Waals surface area contributed by atoms with E-state index >= 15 is 0 Å². The van der Waals surface area contributed by atoms with Gasteiger partial charge in [0.2, 0.25) is 0 Å². The number of ether oxygens (including phenoxy) is 2. The molecule has 1 heterocycles. The highest BCUT2D eigenvalue weighted by molar-refractivity contribution is 7.22. The largest absolute Gasteiger partial charge is 0.497 e. The number of aromatic nitrogens is 1. The summed E-state index contributed by atoms with van der Waals surface area (Å²) in [4.78, 5) is 17.2. The molecule has 4 rings (SSSR count). The van der Waals surface area contributed by atoms with Gasteiger partial charge in [-0.25, -0.2) is 4.98 Å². The van der Waals surface area contributed by atoms with Crippen LogP contribution in [0.3, 0.4) is 0 Å². The molecule has 4 aromatic rings. The van der Waals surface area contributed by atoms with Crippen LogP contribution in [0.15, 0.2) is 54.6 Å². The third kappa shape index (κ3) is 2.95. The Kier molecular flexibility index (Phi) is 4.18. The SMILES string of the molecule is COc1ccc2nc(NC(=O)c3cc4ccccc4cc3OC)sc2c1. The number of thiazole rings is 1. The Morgan fingerprint density at radius 2 is 1.77 bits per heavy atom. The van der Waals surface area contributed by atoms with E-state index < -0.39 is 0 Å². The van der Waals surface area contributed by atoms with E-state index in [9.17, 15) is 4.79 Å². The Bertz CT molecular complexity index is 1120. The van der Waals surface area contributed by atoms with Gasteiger partial charge in [0.25, 0.3) is 5.91 Å². The first-order valence-corrected chi connectivity index (χ1v) is 8.82. The molecule has 0 radical (unpaired) electrons. The van der Waals surface area contributed by atoms with Gasteiger partial charge in [0.05, 0.1) is 30.0 Å². The number of rotatable bonds is 4. The van der Waals surface area contributed by atoms with Crippen LogP contribution >= 0.6 is 11.3 Å². The smallest absolute Gasteiger partial charge is 0.261 e. The normalized spacial score (nSPS) is 10.8. The van der Waals surface area contributed by atoms with E-state index in [0.717, 1.165) is 26.7 Å². The van der Waals surface area contributed by atoms with Crippen molar-refractivity contribution in [1.82, 2.24) is 4.98 Å². The standard InChI is InChI=1S/C20H16N2O3S/c1-24-14-7-8-16-18(11-14)26-20(21-16)22-19(23)15-9-12-5-3-4-6-13(12)10-17(15)25-2/h3-11H,1-2H3,(H,21,22,23). The number of benzene rings is 3. The molecule has 0 aliphatic rings. The third-order valence-corrected chi connectivity index (χ3v) is 5.06. The number of nitrogens with zero attached hydrogens (tertiary/aromatic N) is 1. The molecular formula is C20H16N2O3S. The fourth-order valence-electron chi connectivity index (χ4n) is 2.82. The molecule has 0 aliphatic carbocycles. The van der Waals surface area contributed by atoms with Gasteiger partial charge in [0, 0.05) is 0 Å². The molecule has 0 atom stereocenters. The molecule has 1 N–H and O–H groups in total. The van der Waals surface area contributed by atoms with Crippen LogP contribution in [-0.2, 0) is 0 Å². The van der Waals surface area contributed by atoms with Crippen LogP contribution in [0.25, 0.3) is 21.0 Å². The summed E-state index contributed by atoms with van der Waals surface area (Å²) in [6.07, 6.45) is 0. The molecule has 0 fully saturated rings. The first kappa shape index (κ1) is 16.4. The monoisotopic (exact) mass is 364 g/mol. The van der Waals surface area contributed by atoms with Crippen molar-refractivity contribution in [3.63, 3.8) is 0 Å². The molecule has 0 aliphatic heterocycles. The molecule has 5 nitrogen and oxygen atoms in total. The van der Waals surface area contributed by atoms with Crippen LogP contribution in [0.1, 0.15) is 10.4 Å². The second-order valence-corrected chi connectivity index (χ2v) is 6.74. The third-order valence-electron chi connectivity index (χ3n) is 4.13. The fraction of sp³-hybridized carbons (Fsp3) is 0.100. The number of methoxy groups -OCH3 is 2. The molecule has 0 unspecified atom stereocenters. The van der Waals surface area contributed by atoms with E-state index in [1.807, 2.05) is 54.6 Å². The van der Waals surface area contributed by atoms with E-state index in [1.54, 1.807) is 14.2 Å². The van der Waals surface area contributed by atoms with Crippen molar-refractivity contribution in [2.75, 3.05) is 19.5 Å². The zero-order valence-corrected chi connectivity index (χ0v) is 15.1. The van der Waals surface area contributed by atoms with Crippen molar-refractivity contribution in [3.05, 3.63) is 60.2 Å². The van der Waals surface area contributed by atoms with Gasteiger partial charge in [-0.2, -0.15) is 0 Å². The molecule has 3 aromatic carbocycles. The van der Waals surface area contributed by atoms with Crippen LogP contribution in [0, 0.1) is 0 Å². The van der Waals surface area contributed by atoms with Crippen LogP contribution in [0.4, 0.5) is 5.13 Å². The van der Waals surface area contributed by atoms with Crippen LogP contribution in [0.2, 0.25) is 0 Å². The lowest BCUT2D eigenvalue weighted by atomic mass is 10.1. The van der Waals surface area contributed by atoms with Gasteiger partial charge in [-0.1, -0.05) is 35.6 Å². The Labute approximate surface area is 154 Å². The predicted octanol–water partition coefficient (Wildman–Crippen LogP) is 4.72. The van der Waals surface area contributed by atoms with Gasteiger partial charge in [-0.3, -0.25) is 10.1 Å². The predicted molar refractivity (Wildman–Crippen MR) is 105 cm³/mol. The minimum absolute atomic E-state index is 0.251. The summed E-state index contributed by atoms with van der Waals surface area (Å²) in [5, 5.41) is 5.41. The first-order chi connectivity index (χ1) is 12.7. The number of hydrogen-bond donors (Lipinski definition) is 1. The van der Waals surface area contributed by atoms with Crippen molar-refractivity contribution < 1.29 is 14.3 Å². The van der Waals surface area contributed by atoms with Crippen LogP contribution < -0.4 is 14.8 Å². The number of carbonyl (C=O) groups excluding carboxylic acids is 1. The van der Waals surface area contributed by atoms with E-state index in [-0.39, 0.29) is 5.91 Å². The van der Waals surface area contributed by atoms with Gasteiger partial charge in [0.1, 0.15) is 11.5 Å². The van der Waals surface area contributed by atoms with E-state index in [1.165, 1.54) is 11.3 Å². The zero-order valence-electron chi connectivity index (χ0n) is 14.3. The van der Waals surface area contributed by atoms with Crippen molar-refractivity contribution >= 4 is 43.4 Å². The van der Waals surface area contributed by atoms with E-state index in [2.05, 4.69) is 10.3 Å². The second kappa shape index (κ2) is 6.65. The number of nitrogens with one attached hydrogen (secondary N) is 1. The molecule has 0 spiro atoms. The molecule has 6 heteroatoms. The quantitative estimate of drug-likeness (QED) is 0.569. The van der Waals surface area contributed by atoms with Gasteiger partial charge in [0.15, 0.2) is 5.13 Å². The highest BCUT2D eigenvalue weighted by Gasteiger charge is 2.16. The molecule has 0 bridgehead atoms. The topological polar surface area (TPSA) is 60.5 Å². The maximum absolute atomic E-state index is 12.8. The molecule has 1 amide bonds. The van der Waals surface area contributed by atoms with Gasteiger partial charge in [-0.05, 0) is 41.1 Å². The number of anilines is 1. The van der Waals surface area contributed by atoms with Crippen molar-refractivity contribution in [2.45, 2.75) is 0 Å². The van der Waals surface area contributed by atoms with Crippen molar-refractivity contribution in [3.8, 4) is 11.5 Å². The van der Waals surface area contributed by atoms with Crippen LogP contribution in [-0.4, -0.2) is 25.1 Å². The lowest BCUT2D eigenvalue weighted by molar-refractivity contribution is 0.102. The summed E-state index contributed by atoms with van der Waals surface area (Å²) in [6, 6.07) is 17.2. The molecule has 0 saturated heterocycles. The van der Waals surface area contributed by atoms with E-state index in [0.29, 0.717) is 16.4 Å². The molecule has 1 aromatic heterocycles. The van der Waals surface area contributed by atoms with Crippen molar-refractivity contribution in [1.29, 1.82) is 0 Å². The Hall–Kier alpha value is -3.12. The highest BCUT2D eigenvalue weighted by Crippen LogP contribution is 2.31. The molecule has 26 heavy (non-hydrogen) atoms. The zero-order chi connectivity index (χ0) is 18.1. The average Bonchev–Trinajstić information content (AvgIpc) is 3.07. The van der Waals surface area contributed by atoms with Gasteiger partial charge in [-0.15, -0.1) is 0 Å². The summed E-state index contributed by atoms with van der Waals surface area (Å²) < 4.78 is 11.6. The Balaban J connectivity index is 1.68. The summed E-state index contributed by atoms with van der Waals surface area (Å²) in [6.45, 7) is 0. The lowest BCUT2D eigenvalue weighted by Crippen LogP contribution is -2.13. The highest BCUT2D eigenvalue weighted by atomic mass is 32.1. The van der Waals surface area contributed by atoms with Gasteiger partial charge < -0.3 is 9.47 Å². The van der Waals surface area contributed by atoms with Crippen molar-refractivity contribution in [2.24, 2.45) is 0 Å². The van der Waals surface area contributed by atoms with Crippen LogP contribution in [0.5, 0.6) is 11.5 Å². The summed E-state index contributed by atoms with van der Waals surface area (Å²) >= 11 is 1.40. The maximum Gasteiger partial charge on any atom is 0.261 e. The molecule has 130 valence electrons. The second-order valence-electron chi connectivity index (χ2n) is 5.71. The summed E-state index contributed by atoms with van der Waals surface area (Å²) in [5.41, 5.74) is 1.29. The fourth-order valence-corrected chi connectivity index (χ4v) is 3.70. The number of hydrogen-bond acceptors (Lipinski definition) is 5. The first-order valence-electron chi connectivity index (χ1n) is 8.00. The Morgan fingerprint density at radius 3 is 2.50 bits per heavy atom. The molecular weight excluding hydrogens is 348 g/mol. The number of carbonyl (C=O) groups is 1. The molecule has 0 saturated carbocycles. The lowest BCUT2D eigenvalue weighted by Gasteiger charge is -2.09. The average molecular weight is 364 g/mol. The summed E-state index contributed by atoms with van der Waals surface area (Å²) in [7, 11) is 3.18. The minimum Gasteiger partial charge on any atom is -0.497 e. The Morgan fingerprint density at radius 1 is 1.00 bits per heavy atom. The number of fused-ring (bicyclic) bond motifs is 2. The summed E-state index contributed by atoms with van der Waals surface area (Å²) in [5.74, 6) is 1.04. The number of amides is 1. The van der Waals surface area contributed by atoms with Gasteiger partial charge >= 0.3 is 0 Å². The van der Waals surface area contributed by atoms with E-state index in [4.69, 9.17) is 9.47 Å².